The van der Waals surface area contributed by atoms with Crippen LogP contribution in [-0.2, 0) is 29.8 Å². The Kier molecular flexibility index (Phi) is 4.27. The SMILES string of the molecule is CCC[C@@H]1O[C@@]2(c3ccccc3)OO[C@]1(CC)C=C2C(=O)OC. The van der Waals surface area contributed by atoms with Crippen LogP contribution in [0, 0.1) is 0 Å². The zero-order chi connectivity index (χ0) is 16.5. The topological polar surface area (TPSA) is 54.0 Å². The molecular formula is C18H22O5. The summed E-state index contributed by atoms with van der Waals surface area (Å²) < 4.78 is 11.3. The molecule has 23 heavy (non-hydrogen) atoms. The number of methoxy groups -OCH3 is 1. The van der Waals surface area contributed by atoms with Gasteiger partial charge in [-0.05, 0) is 18.9 Å². The number of esters is 1. The van der Waals surface area contributed by atoms with Gasteiger partial charge in [0.25, 0.3) is 5.79 Å². The molecule has 5 heteroatoms. The number of hydrogen-bond acceptors (Lipinski definition) is 5. The van der Waals surface area contributed by atoms with Gasteiger partial charge in [0.05, 0.1) is 13.2 Å². The summed E-state index contributed by atoms with van der Waals surface area (Å²) in [5.41, 5.74) is 0.296. The second-order valence-corrected chi connectivity index (χ2v) is 5.90. The fourth-order valence-electron chi connectivity index (χ4n) is 3.26. The zero-order valence-corrected chi connectivity index (χ0v) is 13.7. The van der Waals surface area contributed by atoms with Crippen molar-refractivity contribution < 1.29 is 24.0 Å². The van der Waals surface area contributed by atoms with Crippen LogP contribution in [0.1, 0.15) is 38.7 Å². The van der Waals surface area contributed by atoms with Crippen molar-refractivity contribution in [3.8, 4) is 0 Å². The van der Waals surface area contributed by atoms with Crippen LogP contribution in [0.25, 0.3) is 0 Å². The van der Waals surface area contributed by atoms with Crippen LogP contribution in [0.3, 0.4) is 0 Å². The molecule has 5 nitrogen and oxygen atoms in total. The number of ether oxygens (including phenoxy) is 2. The lowest BCUT2D eigenvalue weighted by Gasteiger charge is -2.53. The minimum Gasteiger partial charge on any atom is -0.466 e. The van der Waals surface area contributed by atoms with Crippen molar-refractivity contribution in [1.82, 2.24) is 0 Å². The number of rotatable bonds is 5. The Bertz CT molecular complexity index is 611. The van der Waals surface area contributed by atoms with Crippen LogP contribution in [0.2, 0.25) is 0 Å². The van der Waals surface area contributed by atoms with Crippen molar-refractivity contribution in [2.45, 2.75) is 50.6 Å². The summed E-state index contributed by atoms with van der Waals surface area (Å²) in [5, 5.41) is 0. The van der Waals surface area contributed by atoms with E-state index < -0.39 is 17.4 Å². The maximum atomic E-state index is 12.4. The van der Waals surface area contributed by atoms with Gasteiger partial charge in [-0.15, -0.1) is 0 Å². The van der Waals surface area contributed by atoms with Crippen LogP contribution < -0.4 is 0 Å². The Morgan fingerprint density at radius 1 is 1.22 bits per heavy atom. The van der Waals surface area contributed by atoms with Gasteiger partial charge < -0.3 is 9.47 Å². The lowest BCUT2D eigenvalue weighted by Crippen LogP contribution is -2.61. The van der Waals surface area contributed by atoms with Gasteiger partial charge in [0, 0.05) is 5.56 Å². The Balaban J connectivity index is 2.15. The van der Waals surface area contributed by atoms with Crippen LogP contribution in [0.4, 0.5) is 0 Å². The largest absolute Gasteiger partial charge is 0.466 e. The van der Waals surface area contributed by atoms with E-state index in [9.17, 15) is 4.79 Å². The van der Waals surface area contributed by atoms with Gasteiger partial charge in [-0.1, -0.05) is 50.6 Å². The Labute approximate surface area is 136 Å². The van der Waals surface area contributed by atoms with Crippen molar-refractivity contribution in [3.05, 3.63) is 47.5 Å². The number of fused-ring (bicyclic) bond motifs is 2. The molecule has 4 rings (SSSR count). The molecule has 3 atom stereocenters. The molecule has 0 saturated carbocycles. The average Bonchev–Trinajstić information content (AvgIpc) is 2.62. The first-order valence-corrected chi connectivity index (χ1v) is 8.03. The van der Waals surface area contributed by atoms with E-state index in [1.807, 2.05) is 43.3 Å². The third kappa shape index (κ3) is 2.40. The molecule has 3 heterocycles. The number of hydrogen-bond donors (Lipinski definition) is 0. The van der Waals surface area contributed by atoms with Crippen LogP contribution >= 0.6 is 0 Å². The van der Waals surface area contributed by atoms with Gasteiger partial charge in [-0.25, -0.2) is 9.68 Å². The summed E-state index contributed by atoms with van der Waals surface area (Å²) >= 11 is 0. The predicted octanol–water partition coefficient (Wildman–Crippen LogP) is 3.25. The van der Waals surface area contributed by atoms with E-state index in [0.29, 0.717) is 17.6 Å². The molecule has 124 valence electrons. The smallest absolute Gasteiger partial charge is 0.339 e. The molecule has 0 unspecified atom stereocenters. The predicted molar refractivity (Wildman–Crippen MR) is 83.2 cm³/mol. The third-order valence-electron chi connectivity index (χ3n) is 4.57. The maximum Gasteiger partial charge on any atom is 0.339 e. The third-order valence-corrected chi connectivity index (χ3v) is 4.57. The zero-order valence-electron chi connectivity index (χ0n) is 13.7. The molecular weight excluding hydrogens is 296 g/mol. The van der Waals surface area contributed by atoms with Crippen molar-refractivity contribution >= 4 is 5.97 Å². The second kappa shape index (κ2) is 6.07. The lowest BCUT2D eigenvalue weighted by molar-refractivity contribution is -0.526. The average molecular weight is 318 g/mol. The minimum atomic E-state index is -1.37. The second-order valence-electron chi connectivity index (χ2n) is 5.90. The van der Waals surface area contributed by atoms with E-state index >= 15 is 0 Å². The van der Waals surface area contributed by atoms with E-state index in [1.54, 1.807) is 0 Å². The molecule has 0 radical (unpaired) electrons. The molecule has 0 spiro atoms. The quantitative estimate of drug-likeness (QED) is 0.616. The lowest BCUT2D eigenvalue weighted by atomic mass is 9.80. The van der Waals surface area contributed by atoms with Crippen molar-refractivity contribution in [1.29, 1.82) is 0 Å². The monoisotopic (exact) mass is 318 g/mol. The summed E-state index contributed by atoms with van der Waals surface area (Å²) in [5.74, 6) is -1.84. The minimum absolute atomic E-state index is 0.181. The molecule has 1 saturated heterocycles. The fourth-order valence-corrected chi connectivity index (χ4v) is 3.26. The van der Waals surface area contributed by atoms with E-state index in [0.717, 1.165) is 12.8 Å². The Morgan fingerprint density at radius 2 is 1.96 bits per heavy atom. The van der Waals surface area contributed by atoms with Gasteiger partial charge in [0.2, 0.25) is 0 Å². The normalized spacial score (nSPS) is 32.5. The number of carbonyl (C=O) groups is 1. The van der Waals surface area contributed by atoms with Crippen molar-refractivity contribution in [2.24, 2.45) is 0 Å². The van der Waals surface area contributed by atoms with Gasteiger partial charge >= 0.3 is 5.97 Å². The highest BCUT2D eigenvalue weighted by Gasteiger charge is 2.61. The van der Waals surface area contributed by atoms with Gasteiger partial charge in [0.1, 0.15) is 11.2 Å². The first kappa shape index (κ1) is 16.2. The van der Waals surface area contributed by atoms with Gasteiger partial charge in [0.15, 0.2) is 0 Å². The van der Waals surface area contributed by atoms with Gasteiger partial charge in [-0.2, -0.15) is 4.89 Å². The fraction of sp³-hybridized carbons (Fsp3) is 0.500. The standard InChI is InChI=1S/C18H22O5/c1-4-9-15-17(5-2)12-14(16(19)20-3)18(21-15,23-22-17)13-10-7-6-8-11-13/h6-8,10-12,15H,4-5,9H2,1-3H3/t15-,17+,18-/m0/s1. The van der Waals surface area contributed by atoms with Crippen LogP contribution in [0.5, 0.6) is 0 Å². The molecule has 1 aromatic rings. The first-order valence-electron chi connectivity index (χ1n) is 8.03. The Hall–Kier alpha value is -1.69. The molecule has 3 aliphatic heterocycles. The highest BCUT2D eigenvalue weighted by molar-refractivity contribution is 5.91. The van der Waals surface area contributed by atoms with Crippen LogP contribution in [0.15, 0.2) is 42.0 Å². The number of benzene rings is 1. The van der Waals surface area contributed by atoms with Gasteiger partial charge in [-0.3, -0.25) is 0 Å². The summed E-state index contributed by atoms with van der Waals surface area (Å²) in [7, 11) is 1.35. The van der Waals surface area contributed by atoms with Crippen molar-refractivity contribution in [2.75, 3.05) is 7.11 Å². The Morgan fingerprint density at radius 3 is 2.57 bits per heavy atom. The van der Waals surface area contributed by atoms with E-state index in [2.05, 4.69) is 6.92 Å². The van der Waals surface area contributed by atoms with E-state index in [1.165, 1.54) is 7.11 Å². The van der Waals surface area contributed by atoms with E-state index in [-0.39, 0.29) is 6.10 Å². The molecule has 0 aliphatic carbocycles. The van der Waals surface area contributed by atoms with E-state index in [4.69, 9.17) is 19.2 Å². The summed E-state index contributed by atoms with van der Waals surface area (Å²) in [6.07, 6.45) is 4.06. The molecule has 0 aromatic heterocycles. The highest BCUT2D eigenvalue weighted by Crippen LogP contribution is 2.52. The first-order chi connectivity index (χ1) is 11.1. The molecule has 2 bridgehead atoms. The number of carbonyl (C=O) groups excluding carboxylic acids is 1. The molecule has 0 amide bonds. The van der Waals surface area contributed by atoms with Crippen LogP contribution in [-0.4, -0.2) is 24.8 Å². The maximum absolute atomic E-state index is 12.4. The summed E-state index contributed by atoms with van der Waals surface area (Å²) in [6, 6.07) is 9.35. The molecule has 1 aromatic carbocycles. The molecule has 3 aliphatic rings. The van der Waals surface area contributed by atoms with Crippen molar-refractivity contribution in [3.63, 3.8) is 0 Å². The summed E-state index contributed by atoms with van der Waals surface area (Å²) in [4.78, 5) is 23.8. The highest BCUT2D eigenvalue weighted by atomic mass is 17.3. The summed E-state index contributed by atoms with van der Waals surface area (Å²) in [6.45, 7) is 4.08. The molecule has 1 fully saturated rings. The molecule has 0 N–H and O–H groups in total.